The molecule has 0 aromatic rings. The molecular weight excluding hydrogens is 444 g/mol. The van der Waals surface area contributed by atoms with Crippen LogP contribution in [0.3, 0.4) is 0 Å². The summed E-state index contributed by atoms with van der Waals surface area (Å²) in [6, 6.07) is -2.05. The van der Waals surface area contributed by atoms with E-state index in [2.05, 4.69) is 31.9 Å². The van der Waals surface area contributed by atoms with Gasteiger partial charge >= 0.3 is 0 Å². The number of hydrogen-bond acceptors (Lipinski definition) is 6. The summed E-state index contributed by atoms with van der Waals surface area (Å²) in [5.41, 5.74) is 0. The Labute approximate surface area is 200 Å². The van der Waals surface area contributed by atoms with Crippen molar-refractivity contribution in [3.8, 4) is 0 Å². The van der Waals surface area contributed by atoms with Crippen LogP contribution in [0.1, 0.15) is 65.2 Å². The Morgan fingerprint density at radius 2 is 0.971 bits per heavy atom. The van der Waals surface area contributed by atoms with Gasteiger partial charge in [-0.3, -0.25) is 28.8 Å². The van der Waals surface area contributed by atoms with Crippen LogP contribution in [0.2, 0.25) is 0 Å². The summed E-state index contributed by atoms with van der Waals surface area (Å²) in [4.78, 5) is 68.6. The van der Waals surface area contributed by atoms with Crippen LogP contribution >= 0.6 is 0 Å². The van der Waals surface area contributed by atoms with Gasteiger partial charge < -0.3 is 31.9 Å². The first kappa shape index (κ1) is 28.9. The second-order valence-electron chi connectivity index (χ2n) is 8.43. The Morgan fingerprint density at radius 1 is 0.647 bits per heavy atom. The van der Waals surface area contributed by atoms with E-state index >= 15 is 0 Å². The standard InChI is InChI=1S/2C11H19N3O3/c2*1-7(15)13-9-6-4-3-5-8(10(16)12-2)14-11(9)17/h2*8-9H,3-6H2,1-2H3,(H,12,16)(H,13,15)(H,14,17)/t2*8-,9-/m11/s1. The molecule has 12 heteroatoms. The van der Waals surface area contributed by atoms with Gasteiger partial charge in [0.15, 0.2) is 0 Å². The first-order valence-corrected chi connectivity index (χ1v) is 11.7. The van der Waals surface area contributed by atoms with Crippen LogP contribution in [0.5, 0.6) is 0 Å². The Kier molecular flexibility index (Phi) is 12.6. The molecule has 0 saturated carbocycles. The van der Waals surface area contributed by atoms with Crippen LogP contribution in [0.15, 0.2) is 0 Å². The average Bonchev–Trinajstić information content (AvgIpc) is 2.77. The third kappa shape index (κ3) is 10.2. The number of carbonyl (C=O) groups is 6. The molecule has 2 fully saturated rings. The summed E-state index contributed by atoms with van der Waals surface area (Å²) in [6.07, 6.45) is 5.87. The SMILES string of the molecule is CNC(=O)[C@H]1CCCC[C@@H](NC(C)=O)C(=O)N1.CNC(=O)[C@H]1CCCC[C@@H](NC(C)=O)C(=O)N1. The maximum absolute atomic E-state index is 11.8. The van der Waals surface area contributed by atoms with Crippen molar-refractivity contribution in [2.75, 3.05) is 14.1 Å². The molecule has 0 aromatic carbocycles. The van der Waals surface area contributed by atoms with Gasteiger partial charge in [-0.2, -0.15) is 0 Å². The molecule has 0 bridgehead atoms. The van der Waals surface area contributed by atoms with E-state index in [9.17, 15) is 28.8 Å². The molecule has 2 rings (SSSR count). The zero-order valence-electron chi connectivity index (χ0n) is 20.4. The fourth-order valence-electron chi connectivity index (χ4n) is 3.85. The topological polar surface area (TPSA) is 175 Å². The molecule has 0 aliphatic carbocycles. The number of amides is 6. The quantitative estimate of drug-likeness (QED) is 0.287. The molecule has 0 radical (unpaired) electrons. The van der Waals surface area contributed by atoms with Crippen molar-refractivity contribution in [3.63, 3.8) is 0 Å². The summed E-state index contributed by atoms with van der Waals surface area (Å²) in [5.74, 6) is -1.42. The first-order valence-electron chi connectivity index (χ1n) is 11.7. The summed E-state index contributed by atoms with van der Waals surface area (Å²) < 4.78 is 0. The van der Waals surface area contributed by atoms with Gasteiger partial charge in [-0.15, -0.1) is 0 Å². The van der Waals surface area contributed by atoms with Crippen LogP contribution in [0.25, 0.3) is 0 Å². The molecule has 6 amide bonds. The van der Waals surface area contributed by atoms with E-state index < -0.39 is 24.2 Å². The highest BCUT2D eigenvalue weighted by molar-refractivity contribution is 5.92. The average molecular weight is 483 g/mol. The van der Waals surface area contributed by atoms with E-state index in [1.807, 2.05) is 0 Å². The number of rotatable bonds is 4. The number of hydrogen-bond donors (Lipinski definition) is 6. The zero-order chi connectivity index (χ0) is 25.7. The third-order valence-electron chi connectivity index (χ3n) is 5.62. The van der Waals surface area contributed by atoms with Gasteiger partial charge in [0.05, 0.1) is 0 Å². The van der Waals surface area contributed by atoms with Crippen molar-refractivity contribution < 1.29 is 28.8 Å². The maximum atomic E-state index is 11.8. The predicted molar refractivity (Wildman–Crippen MR) is 124 cm³/mol. The van der Waals surface area contributed by atoms with E-state index in [0.29, 0.717) is 25.7 Å². The molecule has 34 heavy (non-hydrogen) atoms. The van der Waals surface area contributed by atoms with Crippen molar-refractivity contribution in [1.82, 2.24) is 31.9 Å². The fraction of sp³-hybridized carbons (Fsp3) is 0.727. The predicted octanol–water partition coefficient (Wildman–Crippen LogP) is -1.41. The van der Waals surface area contributed by atoms with E-state index in [-0.39, 0.29) is 35.4 Å². The summed E-state index contributed by atoms with van der Waals surface area (Å²) in [5, 5.41) is 15.5. The minimum atomic E-state index is -0.528. The molecule has 2 aliphatic heterocycles. The molecule has 192 valence electrons. The van der Waals surface area contributed by atoms with Crippen LogP contribution < -0.4 is 31.9 Å². The Hall–Kier alpha value is -3.18. The van der Waals surface area contributed by atoms with Crippen molar-refractivity contribution in [1.29, 1.82) is 0 Å². The highest BCUT2D eigenvalue weighted by Gasteiger charge is 2.28. The maximum Gasteiger partial charge on any atom is 0.243 e. The molecule has 0 aromatic heterocycles. The number of carbonyl (C=O) groups excluding carboxylic acids is 6. The normalized spacial score (nSPS) is 25.2. The van der Waals surface area contributed by atoms with E-state index in [1.165, 1.54) is 13.8 Å². The van der Waals surface area contributed by atoms with E-state index in [4.69, 9.17) is 0 Å². The number of nitrogens with one attached hydrogen (secondary N) is 6. The smallest absolute Gasteiger partial charge is 0.243 e. The molecule has 0 unspecified atom stereocenters. The minimum absolute atomic E-state index is 0.193. The van der Waals surface area contributed by atoms with Crippen molar-refractivity contribution >= 4 is 35.4 Å². The van der Waals surface area contributed by atoms with Gasteiger partial charge in [0.1, 0.15) is 24.2 Å². The Bertz CT molecular complexity index is 696. The summed E-state index contributed by atoms with van der Waals surface area (Å²) >= 11 is 0. The van der Waals surface area contributed by atoms with Crippen LogP contribution in [-0.4, -0.2) is 73.7 Å². The van der Waals surface area contributed by atoms with Gasteiger partial charge in [0.2, 0.25) is 35.4 Å². The molecule has 2 heterocycles. The lowest BCUT2D eigenvalue weighted by molar-refractivity contribution is -0.132. The molecular formula is C22H38N6O6. The highest BCUT2D eigenvalue weighted by Crippen LogP contribution is 2.12. The Morgan fingerprint density at radius 3 is 1.26 bits per heavy atom. The van der Waals surface area contributed by atoms with Crippen molar-refractivity contribution in [2.24, 2.45) is 0 Å². The molecule has 6 N–H and O–H groups in total. The largest absolute Gasteiger partial charge is 0.357 e. The second-order valence-corrected chi connectivity index (χ2v) is 8.43. The molecule has 2 saturated heterocycles. The molecule has 4 atom stereocenters. The van der Waals surface area contributed by atoms with E-state index in [0.717, 1.165) is 25.7 Å². The molecule has 0 spiro atoms. The third-order valence-corrected chi connectivity index (χ3v) is 5.62. The van der Waals surface area contributed by atoms with Crippen molar-refractivity contribution in [3.05, 3.63) is 0 Å². The Balaban J connectivity index is 0.000000340. The van der Waals surface area contributed by atoms with Gasteiger partial charge in [-0.25, -0.2) is 0 Å². The summed E-state index contributed by atoms with van der Waals surface area (Å²) in [7, 11) is 3.08. The lowest BCUT2D eigenvalue weighted by Crippen LogP contribution is -2.54. The van der Waals surface area contributed by atoms with Gasteiger partial charge in [0, 0.05) is 27.9 Å². The fourth-order valence-corrected chi connectivity index (χ4v) is 3.85. The zero-order valence-corrected chi connectivity index (χ0v) is 20.4. The van der Waals surface area contributed by atoms with Crippen LogP contribution in [0.4, 0.5) is 0 Å². The summed E-state index contributed by atoms with van der Waals surface area (Å²) in [6.45, 7) is 2.75. The second kappa shape index (κ2) is 14.9. The van der Waals surface area contributed by atoms with Gasteiger partial charge in [-0.1, -0.05) is 25.7 Å². The van der Waals surface area contributed by atoms with Crippen LogP contribution in [0, 0.1) is 0 Å². The molecule has 12 nitrogen and oxygen atoms in total. The number of likely N-dealkylation sites (N-methyl/N-ethyl adjacent to an activating group) is 2. The van der Waals surface area contributed by atoms with Gasteiger partial charge in [-0.05, 0) is 25.7 Å². The lowest BCUT2D eigenvalue weighted by atomic mass is 10.00. The lowest BCUT2D eigenvalue weighted by Gasteiger charge is -2.25. The van der Waals surface area contributed by atoms with Gasteiger partial charge in [0.25, 0.3) is 0 Å². The highest BCUT2D eigenvalue weighted by atomic mass is 16.2. The minimum Gasteiger partial charge on any atom is -0.357 e. The molecule has 2 aliphatic rings. The van der Waals surface area contributed by atoms with Crippen molar-refractivity contribution in [2.45, 2.75) is 89.4 Å². The first-order chi connectivity index (χ1) is 16.1. The van der Waals surface area contributed by atoms with Crippen LogP contribution in [-0.2, 0) is 28.8 Å². The van der Waals surface area contributed by atoms with E-state index in [1.54, 1.807) is 14.1 Å². The monoisotopic (exact) mass is 482 g/mol.